The van der Waals surface area contributed by atoms with Crippen LogP contribution in [0, 0.1) is 5.41 Å². The molecule has 0 amide bonds. The molecule has 52 valence electrons. The van der Waals surface area contributed by atoms with Crippen LogP contribution < -0.4 is 0 Å². The summed E-state index contributed by atoms with van der Waals surface area (Å²) >= 11 is 0. The Balaban J connectivity index is 3.71. The second-order valence-electron chi connectivity index (χ2n) is 2.71. The van der Waals surface area contributed by atoms with E-state index in [0.29, 0.717) is 6.54 Å². The molecule has 9 heavy (non-hydrogen) atoms. The van der Waals surface area contributed by atoms with Gasteiger partial charge in [0.2, 0.25) is 0 Å². The fourth-order valence-electron chi connectivity index (χ4n) is 0.273. The Hall–Kier alpha value is -0.730. The Bertz CT molecular complexity index is 126. The van der Waals surface area contributed by atoms with Gasteiger partial charge in [-0.15, -0.1) is 0 Å². The van der Waals surface area contributed by atoms with E-state index in [4.69, 9.17) is 10.6 Å². The Labute approximate surface area is 54.1 Å². The largest absolute Gasteiger partial charge is 0.396 e. The predicted octanol–water partition coefficient (Wildman–Crippen LogP) is 1.32. The first-order valence-corrected chi connectivity index (χ1v) is 2.74. The molecule has 0 unspecified atom stereocenters. The molecule has 0 atom stereocenters. The second kappa shape index (κ2) is 3.33. The van der Waals surface area contributed by atoms with Crippen LogP contribution in [0.5, 0.6) is 0 Å². The quantitative estimate of drug-likeness (QED) is 0.348. The molecule has 0 saturated carbocycles. The normalized spacial score (nSPS) is 10.6. The van der Waals surface area contributed by atoms with Crippen LogP contribution in [0.1, 0.15) is 13.8 Å². The van der Waals surface area contributed by atoms with Crippen LogP contribution in [0.2, 0.25) is 0 Å². The molecule has 0 aliphatic heterocycles. The molecule has 4 nitrogen and oxygen atoms in total. The monoisotopic (exact) mass is 129 g/mol. The van der Waals surface area contributed by atoms with Crippen LogP contribution in [0.15, 0.2) is 5.11 Å². The van der Waals surface area contributed by atoms with E-state index in [1.807, 2.05) is 13.8 Å². The third kappa shape index (κ3) is 3.82. The average Bonchev–Trinajstić information content (AvgIpc) is 1.84. The summed E-state index contributed by atoms with van der Waals surface area (Å²) in [5, 5.41) is 12.0. The molecule has 0 rings (SSSR count). The summed E-state index contributed by atoms with van der Waals surface area (Å²) in [5.41, 5.74) is 7.63. The number of aliphatic hydroxyl groups is 1. The number of aliphatic hydroxyl groups excluding tert-OH is 1. The van der Waals surface area contributed by atoms with Crippen LogP contribution in [-0.2, 0) is 0 Å². The topological polar surface area (TPSA) is 69.0 Å². The van der Waals surface area contributed by atoms with Gasteiger partial charge in [0.05, 0.1) is 0 Å². The summed E-state index contributed by atoms with van der Waals surface area (Å²) in [6, 6.07) is 0. The van der Waals surface area contributed by atoms with Crippen LogP contribution in [0.3, 0.4) is 0 Å². The third-order valence-corrected chi connectivity index (χ3v) is 0.990. The molecule has 0 aliphatic rings. The molecular weight excluding hydrogens is 118 g/mol. The van der Waals surface area contributed by atoms with Gasteiger partial charge in [-0.2, -0.15) is 0 Å². The zero-order valence-electron chi connectivity index (χ0n) is 5.70. The first-order valence-electron chi connectivity index (χ1n) is 2.74. The molecule has 0 aromatic carbocycles. The van der Waals surface area contributed by atoms with E-state index in [1.54, 1.807) is 0 Å². The molecule has 0 aromatic heterocycles. The van der Waals surface area contributed by atoms with Gasteiger partial charge in [0, 0.05) is 18.1 Å². The van der Waals surface area contributed by atoms with Crippen molar-refractivity contribution in [3.63, 3.8) is 0 Å². The van der Waals surface area contributed by atoms with E-state index in [9.17, 15) is 0 Å². The summed E-state index contributed by atoms with van der Waals surface area (Å²) in [6.07, 6.45) is 0. The average molecular weight is 129 g/mol. The van der Waals surface area contributed by atoms with Crippen LogP contribution >= 0.6 is 0 Å². The summed E-state index contributed by atoms with van der Waals surface area (Å²) in [6.45, 7) is 4.06. The predicted molar refractivity (Wildman–Crippen MR) is 34.9 cm³/mol. The van der Waals surface area contributed by atoms with Crippen molar-refractivity contribution in [3.8, 4) is 0 Å². The number of hydrogen-bond donors (Lipinski definition) is 1. The fraction of sp³-hybridized carbons (Fsp3) is 1.00. The van der Waals surface area contributed by atoms with Gasteiger partial charge in [0.25, 0.3) is 0 Å². The summed E-state index contributed by atoms with van der Waals surface area (Å²) in [7, 11) is 0. The minimum absolute atomic E-state index is 0.0476. The molecular formula is C5H11N3O. The third-order valence-electron chi connectivity index (χ3n) is 0.990. The van der Waals surface area contributed by atoms with Crippen molar-refractivity contribution < 1.29 is 5.11 Å². The molecule has 0 fully saturated rings. The highest BCUT2D eigenvalue weighted by Crippen LogP contribution is 2.12. The van der Waals surface area contributed by atoms with E-state index < -0.39 is 0 Å². The summed E-state index contributed by atoms with van der Waals surface area (Å²) < 4.78 is 0. The molecule has 0 heterocycles. The highest BCUT2D eigenvalue weighted by atomic mass is 16.3. The maximum atomic E-state index is 8.64. The van der Waals surface area contributed by atoms with Gasteiger partial charge in [0.15, 0.2) is 0 Å². The number of rotatable bonds is 3. The van der Waals surface area contributed by atoms with Gasteiger partial charge >= 0.3 is 0 Å². The van der Waals surface area contributed by atoms with E-state index in [0.717, 1.165) is 0 Å². The van der Waals surface area contributed by atoms with Crippen LogP contribution in [-0.4, -0.2) is 18.3 Å². The minimum atomic E-state index is -0.272. The Morgan fingerprint density at radius 2 is 2.22 bits per heavy atom. The molecule has 0 spiro atoms. The van der Waals surface area contributed by atoms with Crippen LogP contribution in [0.25, 0.3) is 10.4 Å². The lowest BCUT2D eigenvalue weighted by Crippen LogP contribution is -2.19. The van der Waals surface area contributed by atoms with Gasteiger partial charge in [-0.3, -0.25) is 0 Å². The molecule has 0 aliphatic carbocycles. The SMILES string of the molecule is CC(C)(CO)CN=[N+]=[N-]. The van der Waals surface area contributed by atoms with Gasteiger partial charge in [-0.25, -0.2) is 0 Å². The van der Waals surface area contributed by atoms with Gasteiger partial charge in [-0.1, -0.05) is 19.0 Å². The first kappa shape index (κ1) is 8.27. The summed E-state index contributed by atoms with van der Waals surface area (Å²) in [4.78, 5) is 2.58. The van der Waals surface area contributed by atoms with E-state index >= 15 is 0 Å². The number of hydrogen-bond acceptors (Lipinski definition) is 2. The molecule has 0 aromatic rings. The smallest absolute Gasteiger partial charge is 0.0483 e. The van der Waals surface area contributed by atoms with Gasteiger partial charge in [0.1, 0.15) is 0 Å². The molecule has 0 saturated heterocycles. The Morgan fingerprint density at radius 1 is 1.67 bits per heavy atom. The second-order valence-corrected chi connectivity index (χ2v) is 2.71. The van der Waals surface area contributed by atoms with Gasteiger partial charge in [-0.05, 0) is 10.9 Å². The fourth-order valence-corrected chi connectivity index (χ4v) is 0.273. The maximum absolute atomic E-state index is 8.64. The molecule has 1 N–H and O–H groups in total. The minimum Gasteiger partial charge on any atom is -0.396 e. The zero-order valence-corrected chi connectivity index (χ0v) is 5.70. The van der Waals surface area contributed by atoms with Crippen molar-refractivity contribution in [2.75, 3.05) is 13.2 Å². The van der Waals surface area contributed by atoms with Crippen molar-refractivity contribution in [2.24, 2.45) is 10.5 Å². The first-order chi connectivity index (χ1) is 4.12. The van der Waals surface area contributed by atoms with Gasteiger partial charge < -0.3 is 5.11 Å². The highest BCUT2D eigenvalue weighted by Gasteiger charge is 2.13. The van der Waals surface area contributed by atoms with E-state index in [1.165, 1.54) is 0 Å². The van der Waals surface area contributed by atoms with Crippen molar-refractivity contribution in [1.29, 1.82) is 0 Å². The van der Waals surface area contributed by atoms with Crippen molar-refractivity contribution in [1.82, 2.24) is 0 Å². The maximum Gasteiger partial charge on any atom is 0.0483 e. The van der Waals surface area contributed by atoms with Crippen molar-refractivity contribution in [3.05, 3.63) is 10.4 Å². The van der Waals surface area contributed by atoms with E-state index in [-0.39, 0.29) is 12.0 Å². The lowest BCUT2D eigenvalue weighted by molar-refractivity contribution is 0.167. The zero-order chi connectivity index (χ0) is 7.33. The Kier molecular flexibility index (Phi) is 3.06. The molecule has 4 heteroatoms. The molecule has 0 bridgehead atoms. The molecule has 0 radical (unpaired) electrons. The number of azide groups is 1. The lowest BCUT2D eigenvalue weighted by Gasteiger charge is -2.17. The van der Waals surface area contributed by atoms with E-state index in [2.05, 4.69) is 10.0 Å². The highest BCUT2D eigenvalue weighted by molar-refractivity contribution is 4.69. The Morgan fingerprint density at radius 3 is 2.56 bits per heavy atom. The summed E-state index contributed by atoms with van der Waals surface area (Å²) in [5.74, 6) is 0. The lowest BCUT2D eigenvalue weighted by atomic mass is 9.96. The van der Waals surface area contributed by atoms with Crippen molar-refractivity contribution in [2.45, 2.75) is 13.8 Å². The number of nitrogens with zero attached hydrogens (tertiary/aromatic N) is 3. The van der Waals surface area contributed by atoms with Crippen molar-refractivity contribution >= 4 is 0 Å². The van der Waals surface area contributed by atoms with Crippen LogP contribution in [0.4, 0.5) is 0 Å². The standard InChI is InChI=1S/C5H11N3O/c1-5(2,4-9)3-7-8-6/h9H,3-4H2,1-2H3.